The van der Waals surface area contributed by atoms with Crippen molar-refractivity contribution in [1.29, 1.82) is 0 Å². The van der Waals surface area contributed by atoms with E-state index in [1.807, 2.05) is 20.8 Å². The third-order valence-electron chi connectivity index (χ3n) is 4.64. The number of benzene rings is 1. The van der Waals surface area contributed by atoms with Crippen molar-refractivity contribution in [1.82, 2.24) is 0 Å². The standard InChI is InChI=1S/C20H33NO8Si/c1-4-27-30(28-5-2,29-6-3)12-10-8-7-9-11-24-15-17-13-19-20(26-16-25-19)14-18(17)21(22)23/h13-14H,4-12,15-16H2,1-3H3. The van der Waals surface area contributed by atoms with Crippen molar-refractivity contribution in [2.75, 3.05) is 33.2 Å². The molecule has 0 aromatic heterocycles. The van der Waals surface area contributed by atoms with E-state index in [9.17, 15) is 10.1 Å². The molecule has 0 radical (unpaired) electrons. The average molecular weight is 444 g/mol. The molecular weight excluding hydrogens is 410 g/mol. The normalized spacial score (nSPS) is 13.0. The van der Waals surface area contributed by atoms with Gasteiger partial charge in [-0.25, -0.2) is 0 Å². The van der Waals surface area contributed by atoms with Crippen LogP contribution in [0.1, 0.15) is 52.0 Å². The van der Waals surface area contributed by atoms with E-state index in [1.165, 1.54) is 6.07 Å². The number of hydrogen-bond acceptors (Lipinski definition) is 8. The minimum atomic E-state index is -2.56. The summed E-state index contributed by atoms with van der Waals surface area (Å²) in [6.45, 7) is 8.43. The first-order valence-corrected chi connectivity index (χ1v) is 12.5. The molecule has 0 spiro atoms. The van der Waals surface area contributed by atoms with Crippen molar-refractivity contribution in [3.63, 3.8) is 0 Å². The number of fused-ring (bicyclic) bond motifs is 1. The van der Waals surface area contributed by atoms with Crippen LogP contribution in [0.25, 0.3) is 0 Å². The van der Waals surface area contributed by atoms with Crippen LogP contribution in [0.4, 0.5) is 5.69 Å². The zero-order valence-corrected chi connectivity index (χ0v) is 19.1. The van der Waals surface area contributed by atoms with Gasteiger partial charge in [0, 0.05) is 32.5 Å². The number of nitro benzene ring substituents is 1. The fraction of sp³-hybridized carbons (Fsp3) is 0.700. The topological polar surface area (TPSA) is 98.5 Å². The van der Waals surface area contributed by atoms with Gasteiger partial charge in [0.25, 0.3) is 5.69 Å². The van der Waals surface area contributed by atoms with E-state index in [0.29, 0.717) is 43.5 Å². The van der Waals surface area contributed by atoms with Gasteiger partial charge in [0.05, 0.1) is 23.2 Å². The highest BCUT2D eigenvalue weighted by molar-refractivity contribution is 6.60. The molecule has 0 aliphatic carbocycles. The highest BCUT2D eigenvalue weighted by Gasteiger charge is 2.39. The number of rotatable bonds is 16. The first-order chi connectivity index (χ1) is 14.5. The first-order valence-electron chi connectivity index (χ1n) is 10.6. The van der Waals surface area contributed by atoms with Gasteiger partial charge in [-0.05, 0) is 39.7 Å². The number of nitrogens with zero attached hydrogens (tertiary/aromatic N) is 1. The van der Waals surface area contributed by atoms with Crippen molar-refractivity contribution in [2.24, 2.45) is 0 Å². The minimum Gasteiger partial charge on any atom is -0.454 e. The lowest BCUT2D eigenvalue weighted by molar-refractivity contribution is -0.386. The number of ether oxygens (including phenoxy) is 3. The lowest BCUT2D eigenvalue weighted by Crippen LogP contribution is -2.45. The second-order valence-corrected chi connectivity index (χ2v) is 9.52. The molecule has 9 nitrogen and oxygen atoms in total. The van der Waals surface area contributed by atoms with E-state index in [-0.39, 0.29) is 19.1 Å². The minimum absolute atomic E-state index is 0.0108. The molecule has 170 valence electrons. The molecule has 0 N–H and O–H groups in total. The van der Waals surface area contributed by atoms with Crippen LogP contribution in [0.15, 0.2) is 12.1 Å². The quantitative estimate of drug-likeness (QED) is 0.160. The van der Waals surface area contributed by atoms with Crippen LogP contribution in [0.2, 0.25) is 6.04 Å². The van der Waals surface area contributed by atoms with Crippen LogP contribution in [-0.4, -0.2) is 46.9 Å². The third kappa shape index (κ3) is 7.20. The lowest BCUT2D eigenvalue weighted by Gasteiger charge is -2.28. The third-order valence-corrected chi connectivity index (χ3v) is 7.79. The fourth-order valence-electron chi connectivity index (χ4n) is 3.34. The number of nitro groups is 1. The smallest absolute Gasteiger partial charge is 0.454 e. The largest absolute Gasteiger partial charge is 0.500 e. The molecule has 1 aliphatic rings. The Morgan fingerprint density at radius 3 is 2.17 bits per heavy atom. The van der Waals surface area contributed by atoms with E-state index in [1.54, 1.807) is 6.07 Å². The molecule has 1 aliphatic heterocycles. The Labute approximate surface area is 179 Å². The lowest BCUT2D eigenvalue weighted by atomic mass is 10.1. The van der Waals surface area contributed by atoms with E-state index in [2.05, 4.69) is 0 Å². The fourth-order valence-corrected chi connectivity index (χ4v) is 6.03. The van der Waals surface area contributed by atoms with Crippen molar-refractivity contribution >= 4 is 14.5 Å². The van der Waals surface area contributed by atoms with Crippen molar-refractivity contribution in [3.8, 4) is 11.5 Å². The van der Waals surface area contributed by atoms with Crippen LogP contribution < -0.4 is 9.47 Å². The number of unbranched alkanes of at least 4 members (excludes halogenated alkanes) is 3. The predicted octanol–water partition coefficient (Wildman–Crippen LogP) is 4.45. The van der Waals surface area contributed by atoms with Crippen LogP contribution in [0.3, 0.4) is 0 Å². The molecule has 0 fully saturated rings. The van der Waals surface area contributed by atoms with Crippen molar-refractivity contribution in [3.05, 3.63) is 27.8 Å². The van der Waals surface area contributed by atoms with E-state index in [0.717, 1.165) is 31.7 Å². The summed E-state index contributed by atoms with van der Waals surface area (Å²) in [7, 11) is -2.56. The molecule has 0 amide bonds. The van der Waals surface area contributed by atoms with Crippen molar-refractivity contribution in [2.45, 2.75) is 59.1 Å². The molecule has 0 unspecified atom stereocenters. The van der Waals surface area contributed by atoms with Gasteiger partial charge < -0.3 is 27.5 Å². The Kier molecular flexibility index (Phi) is 10.5. The Bertz CT molecular complexity index is 655. The summed E-state index contributed by atoms with van der Waals surface area (Å²) >= 11 is 0. The molecule has 30 heavy (non-hydrogen) atoms. The van der Waals surface area contributed by atoms with Gasteiger partial charge in [-0.2, -0.15) is 0 Å². The Balaban J connectivity index is 1.69. The highest BCUT2D eigenvalue weighted by Crippen LogP contribution is 2.38. The molecular formula is C20H33NO8Si. The van der Waals surface area contributed by atoms with Crippen LogP contribution in [0, 0.1) is 10.1 Å². The van der Waals surface area contributed by atoms with Gasteiger partial charge in [0.1, 0.15) is 0 Å². The maximum Gasteiger partial charge on any atom is 0.500 e. The molecule has 0 saturated heterocycles. The van der Waals surface area contributed by atoms with Gasteiger partial charge in [-0.1, -0.05) is 12.8 Å². The average Bonchev–Trinajstić information content (AvgIpc) is 3.17. The zero-order valence-electron chi connectivity index (χ0n) is 18.1. The monoisotopic (exact) mass is 443 g/mol. The Morgan fingerprint density at radius 1 is 0.967 bits per heavy atom. The molecule has 0 atom stereocenters. The van der Waals surface area contributed by atoms with Gasteiger partial charge in [-0.3, -0.25) is 10.1 Å². The van der Waals surface area contributed by atoms with Crippen LogP contribution in [0.5, 0.6) is 11.5 Å². The maximum atomic E-state index is 11.3. The summed E-state index contributed by atoms with van der Waals surface area (Å²) in [5.41, 5.74) is 0.480. The summed E-state index contributed by atoms with van der Waals surface area (Å²) < 4.78 is 33.8. The molecule has 0 bridgehead atoms. The van der Waals surface area contributed by atoms with Crippen molar-refractivity contribution < 1.29 is 32.4 Å². The molecule has 10 heteroatoms. The maximum absolute atomic E-state index is 11.3. The van der Waals surface area contributed by atoms with Gasteiger partial charge in [0.2, 0.25) is 6.79 Å². The van der Waals surface area contributed by atoms with E-state index < -0.39 is 13.7 Å². The SMILES string of the molecule is CCO[Si](CCCCCCOCc1cc2c(cc1[N+](=O)[O-])OCO2)(OCC)OCC. The van der Waals surface area contributed by atoms with E-state index in [4.69, 9.17) is 27.5 Å². The molecule has 1 heterocycles. The summed E-state index contributed by atoms with van der Waals surface area (Å²) in [5, 5.41) is 11.3. The van der Waals surface area contributed by atoms with Gasteiger partial charge in [-0.15, -0.1) is 0 Å². The number of hydrogen-bond donors (Lipinski definition) is 0. The Hall–Kier alpha value is -1.72. The van der Waals surface area contributed by atoms with E-state index >= 15 is 0 Å². The molecule has 2 rings (SSSR count). The highest BCUT2D eigenvalue weighted by atomic mass is 28.4. The summed E-state index contributed by atoms with van der Waals surface area (Å²) in [6, 6.07) is 3.83. The predicted molar refractivity (Wildman–Crippen MR) is 113 cm³/mol. The summed E-state index contributed by atoms with van der Waals surface area (Å²) in [4.78, 5) is 10.9. The summed E-state index contributed by atoms with van der Waals surface area (Å²) in [6.07, 6.45) is 3.87. The Morgan fingerprint density at radius 2 is 1.57 bits per heavy atom. The first kappa shape index (κ1) is 24.5. The second kappa shape index (κ2) is 12.9. The van der Waals surface area contributed by atoms with Crippen LogP contribution >= 0.6 is 0 Å². The molecule has 0 saturated carbocycles. The molecule has 1 aromatic rings. The second-order valence-electron chi connectivity index (χ2n) is 6.79. The van der Waals surface area contributed by atoms with Gasteiger partial charge in [0.15, 0.2) is 11.5 Å². The van der Waals surface area contributed by atoms with Gasteiger partial charge >= 0.3 is 8.80 Å². The molecule has 1 aromatic carbocycles. The zero-order chi connectivity index (χ0) is 21.8. The van der Waals surface area contributed by atoms with Crippen LogP contribution in [-0.2, 0) is 24.6 Å². The summed E-state index contributed by atoms with van der Waals surface area (Å²) in [5.74, 6) is 0.918.